The van der Waals surface area contributed by atoms with E-state index in [2.05, 4.69) is 6.92 Å². The van der Waals surface area contributed by atoms with Crippen molar-refractivity contribution >= 4 is 15.7 Å². The summed E-state index contributed by atoms with van der Waals surface area (Å²) in [4.78, 5) is 14.3. The smallest absolute Gasteiger partial charge is 0.223 e. The second-order valence-corrected chi connectivity index (χ2v) is 8.40. The Hall–Kier alpha value is -1.36. The van der Waals surface area contributed by atoms with E-state index < -0.39 is 9.84 Å². The lowest BCUT2D eigenvalue weighted by molar-refractivity contribution is -0.133. The first kappa shape index (κ1) is 17.0. The average molecular weight is 323 g/mol. The fraction of sp³-hybridized carbons (Fsp3) is 0.588. The van der Waals surface area contributed by atoms with Gasteiger partial charge in [0.25, 0.3) is 0 Å². The Morgan fingerprint density at radius 1 is 1.27 bits per heavy atom. The Labute approximate surface area is 133 Å². The van der Waals surface area contributed by atoms with Crippen molar-refractivity contribution in [3.8, 4) is 0 Å². The van der Waals surface area contributed by atoms with Crippen molar-refractivity contribution in [2.24, 2.45) is 0 Å². The number of carbonyl (C=O) groups excluding carboxylic acids is 1. The lowest BCUT2D eigenvalue weighted by atomic mass is 10.1. The van der Waals surface area contributed by atoms with Crippen LogP contribution in [0.4, 0.5) is 0 Å². The van der Waals surface area contributed by atoms with E-state index >= 15 is 0 Å². The number of nitrogens with zero attached hydrogens (tertiary/aromatic N) is 1. The molecule has 0 N–H and O–H groups in total. The first-order valence-electron chi connectivity index (χ1n) is 7.96. The molecule has 5 heteroatoms. The third-order valence-corrected chi connectivity index (χ3v) is 5.94. The molecule has 2 rings (SSSR count). The van der Waals surface area contributed by atoms with Gasteiger partial charge >= 0.3 is 0 Å². The number of unbranched alkanes of at least 4 members (excludes halogenated alkanes) is 1. The van der Waals surface area contributed by atoms with Crippen LogP contribution in [0.1, 0.15) is 43.7 Å². The SMILES string of the molecule is CCCCC(=O)N(Cc1ccc(C)cc1)C1CCS(=O)(=O)C1. The van der Waals surface area contributed by atoms with Gasteiger partial charge in [-0.3, -0.25) is 4.79 Å². The highest BCUT2D eigenvalue weighted by Gasteiger charge is 2.34. The van der Waals surface area contributed by atoms with Crippen molar-refractivity contribution in [3.63, 3.8) is 0 Å². The highest BCUT2D eigenvalue weighted by atomic mass is 32.2. The molecule has 1 saturated heterocycles. The molecule has 1 aliphatic heterocycles. The van der Waals surface area contributed by atoms with Gasteiger partial charge < -0.3 is 4.90 Å². The van der Waals surface area contributed by atoms with Gasteiger partial charge in [-0.15, -0.1) is 0 Å². The molecule has 1 aromatic rings. The summed E-state index contributed by atoms with van der Waals surface area (Å²) in [6.07, 6.45) is 2.88. The van der Waals surface area contributed by atoms with Crippen LogP contribution in [0.15, 0.2) is 24.3 Å². The molecule has 1 unspecified atom stereocenters. The zero-order valence-electron chi connectivity index (χ0n) is 13.4. The number of benzene rings is 1. The predicted molar refractivity (Wildman–Crippen MR) is 88.3 cm³/mol. The average Bonchev–Trinajstić information content (AvgIpc) is 2.84. The minimum absolute atomic E-state index is 0.0736. The van der Waals surface area contributed by atoms with Crippen LogP contribution in [0.2, 0.25) is 0 Å². The largest absolute Gasteiger partial charge is 0.334 e. The molecule has 0 radical (unpaired) electrons. The van der Waals surface area contributed by atoms with Gasteiger partial charge in [0.15, 0.2) is 9.84 Å². The minimum atomic E-state index is -2.99. The van der Waals surface area contributed by atoms with Crippen LogP contribution in [0, 0.1) is 6.92 Å². The summed E-state index contributed by atoms with van der Waals surface area (Å²) in [5.74, 6) is 0.379. The van der Waals surface area contributed by atoms with E-state index in [4.69, 9.17) is 0 Å². The molecule has 0 saturated carbocycles. The van der Waals surface area contributed by atoms with Crippen molar-refractivity contribution in [1.82, 2.24) is 4.90 Å². The fourth-order valence-corrected chi connectivity index (χ4v) is 4.53. The number of aryl methyl sites for hydroxylation is 1. The number of sulfone groups is 1. The van der Waals surface area contributed by atoms with Crippen molar-refractivity contribution in [3.05, 3.63) is 35.4 Å². The van der Waals surface area contributed by atoms with E-state index in [1.165, 1.54) is 5.56 Å². The first-order chi connectivity index (χ1) is 10.4. The molecule has 0 aromatic heterocycles. The molecule has 1 amide bonds. The van der Waals surface area contributed by atoms with Gasteiger partial charge in [0.2, 0.25) is 5.91 Å². The lowest BCUT2D eigenvalue weighted by Gasteiger charge is -2.28. The lowest BCUT2D eigenvalue weighted by Crippen LogP contribution is -2.40. The summed E-state index contributed by atoms with van der Waals surface area (Å²) in [6, 6.07) is 7.90. The van der Waals surface area contributed by atoms with Crippen LogP contribution in [0.3, 0.4) is 0 Å². The van der Waals surface area contributed by atoms with Gasteiger partial charge in [0.05, 0.1) is 11.5 Å². The molecule has 4 nitrogen and oxygen atoms in total. The molecule has 0 bridgehead atoms. The van der Waals surface area contributed by atoms with E-state index in [0.717, 1.165) is 18.4 Å². The Morgan fingerprint density at radius 3 is 2.50 bits per heavy atom. The standard InChI is InChI=1S/C17H25NO3S/c1-3-4-5-17(19)18(16-10-11-22(20,21)13-16)12-15-8-6-14(2)7-9-15/h6-9,16H,3-5,10-13H2,1-2H3. The summed E-state index contributed by atoms with van der Waals surface area (Å²) < 4.78 is 23.5. The quantitative estimate of drug-likeness (QED) is 0.809. The molecular weight excluding hydrogens is 298 g/mol. The number of amides is 1. The molecule has 1 heterocycles. The van der Waals surface area contributed by atoms with Crippen LogP contribution in [-0.2, 0) is 21.2 Å². The maximum Gasteiger partial charge on any atom is 0.223 e. The first-order valence-corrected chi connectivity index (χ1v) is 9.79. The van der Waals surface area contributed by atoms with E-state index in [0.29, 0.717) is 19.4 Å². The summed E-state index contributed by atoms with van der Waals surface area (Å²) in [7, 11) is -2.99. The van der Waals surface area contributed by atoms with Crippen molar-refractivity contribution in [2.75, 3.05) is 11.5 Å². The topological polar surface area (TPSA) is 54.5 Å². The Balaban J connectivity index is 2.14. The zero-order chi connectivity index (χ0) is 16.2. The number of hydrogen-bond donors (Lipinski definition) is 0. The Bertz CT molecular complexity index is 607. The van der Waals surface area contributed by atoms with E-state index in [-0.39, 0.29) is 23.5 Å². The molecule has 0 aliphatic carbocycles. The van der Waals surface area contributed by atoms with E-state index in [1.807, 2.05) is 31.2 Å². The normalized spacial score (nSPS) is 20.0. The van der Waals surface area contributed by atoms with E-state index in [9.17, 15) is 13.2 Å². The molecule has 122 valence electrons. The van der Waals surface area contributed by atoms with E-state index in [1.54, 1.807) is 4.90 Å². The maximum atomic E-state index is 12.5. The van der Waals surface area contributed by atoms with Gasteiger partial charge in [0, 0.05) is 19.0 Å². The fourth-order valence-electron chi connectivity index (χ4n) is 2.80. The van der Waals surface area contributed by atoms with Crippen molar-refractivity contribution in [1.29, 1.82) is 0 Å². The minimum Gasteiger partial charge on any atom is -0.334 e. The Kier molecular flexibility index (Phi) is 5.62. The third-order valence-electron chi connectivity index (χ3n) is 4.19. The molecule has 1 fully saturated rings. The van der Waals surface area contributed by atoms with Gasteiger partial charge in [-0.25, -0.2) is 8.42 Å². The van der Waals surface area contributed by atoms with Crippen molar-refractivity contribution in [2.45, 2.75) is 52.1 Å². The van der Waals surface area contributed by atoms with Crippen LogP contribution in [-0.4, -0.2) is 36.8 Å². The zero-order valence-corrected chi connectivity index (χ0v) is 14.2. The number of hydrogen-bond acceptors (Lipinski definition) is 3. The maximum absolute atomic E-state index is 12.5. The van der Waals surface area contributed by atoms with Gasteiger partial charge in [-0.1, -0.05) is 43.2 Å². The van der Waals surface area contributed by atoms with Crippen LogP contribution < -0.4 is 0 Å². The molecule has 0 spiro atoms. The molecule has 22 heavy (non-hydrogen) atoms. The van der Waals surface area contributed by atoms with Gasteiger partial charge in [-0.2, -0.15) is 0 Å². The van der Waals surface area contributed by atoms with Crippen LogP contribution in [0.25, 0.3) is 0 Å². The van der Waals surface area contributed by atoms with Crippen molar-refractivity contribution < 1.29 is 13.2 Å². The summed E-state index contributed by atoms with van der Waals surface area (Å²) >= 11 is 0. The third kappa shape index (κ3) is 4.57. The van der Waals surface area contributed by atoms with Crippen LogP contribution in [0.5, 0.6) is 0 Å². The summed E-state index contributed by atoms with van der Waals surface area (Å²) in [5, 5.41) is 0. The molecule has 1 aliphatic rings. The molecule has 1 aromatic carbocycles. The summed E-state index contributed by atoms with van der Waals surface area (Å²) in [5.41, 5.74) is 2.23. The monoisotopic (exact) mass is 323 g/mol. The molecular formula is C17H25NO3S. The highest BCUT2D eigenvalue weighted by Crippen LogP contribution is 2.21. The highest BCUT2D eigenvalue weighted by molar-refractivity contribution is 7.91. The Morgan fingerprint density at radius 2 is 1.95 bits per heavy atom. The molecule has 1 atom stereocenters. The van der Waals surface area contributed by atoms with Gasteiger partial charge in [0.1, 0.15) is 0 Å². The number of carbonyl (C=O) groups is 1. The predicted octanol–water partition coefficient (Wildman–Crippen LogP) is 2.70. The second-order valence-electron chi connectivity index (χ2n) is 6.17. The number of rotatable bonds is 6. The summed E-state index contributed by atoms with van der Waals surface area (Å²) in [6.45, 7) is 4.58. The second kappa shape index (κ2) is 7.27. The van der Waals surface area contributed by atoms with Crippen LogP contribution >= 0.6 is 0 Å². The van der Waals surface area contributed by atoms with Gasteiger partial charge in [-0.05, 0) is 25.3 Å².